The van der Waals surface area contributed by atoms with Gasteiger partial charge in [-0.2, -0.15) is 0 Å². The van der Waals surface area contributed by atoms with Crippen LogP contribution in [0, 0.1) is 5.82 Å². The molecule has 1 aliphatic rings. The molecule has 0 amide bonds. The molecule has 3 heteroatoms. The Labute approximate surface area is 88.5 Å². The maximum absolute atomic E-state index is 13.1. The van der Waals surface area contributed by atoms with Gasteiger partial charge in [-0.05, 0) is 48.7 Å². The summed E-state index contributed by atoms with van der Waals surface area (Å²) in [6.45, 7) is 0.0923. The number of aliphatic hydroxyl groups is 1. The number of nitrogens with zero attached hydrogens (tertiary/aromatic N) is 1. The number of aliphatic hydroxyl groups excluding tert-OH is 1. The molecule has 0 bridgehead atoms. The zero-order valence-electron chi connectivity index (χ0n) is 8.49. The summed E-state index contributed by atoms with van der Waals surface area (Å²) >= 11 is 0. The summed E-state index contributed by atoms with van der Waals surface area (Å²) in [4.78, 5) is 4.32. The highest BCUT2D eigenvalue weighted by Gasteiger charge is 2.17. The fraction of sp³-hybridized carbons (Fsp3) is 0.417. The van der Waals surface area contributed by atoms with Crippen molar-refractivity contribution in [3.63, 3.8) is 0 Å². The van der Waals surface area contributed by atoms with Crippen LogP contribution < -0.4 is 0 Å². The van der Waals surface area contributed by atoms with Gasteiger partial charge in [-0.25, -0.2) is 4.39 Å². The van der Waals surface area contributed by atoms with Crippen molar-refractivity contribution in [2.45, 2.75) is 25.3 Å². The molecular weight excluding hydrogens is 193 g/mol. The van der Waals surface area contributed by atoms with Crippen LogP contribution >= 0.6 is 0 Å². The van der Waals surface area contributed by atoms with Crippen molar-refractivity contribution in [2.75, 3.05) is 6.61 Å². The molecule has 2 nitrogen and oxygen atoms in total. The average molecular weight is 207 g/mol. The predicted molar refractivity (Wildman–Crippen MR) is 57.7 cm³/mol. The van der Waals surface area contributed by atoms with E-state index in [0.717, 1.165) is 24.0 Å². The number of halogens is 1. The molecule has 1 N–H and O–H groups in total. The van der Waals surface area contributed by atoms with Crippen molar-refractivity contribution in [3.05, 3.63) is 35.1 Å². The quantitative estimate of drug-likeness (QED) is 0.810. The summed E-state index contributed by atoms with van der Waals surface area (Å²) in [6.07, 6.45) is 4.36. The lowest BCUT2D eigenvalue weighted by Gasteiger charge is -2.12. The van der Waals surface area contributed by atoms with Gasteiger partial charge in [-0.15, -0.1) is 0 Å². The SMILES string of the molecule is OCCc1ccc(F)cc1C1CCC=N1. The molecule has 2 rings (SSSR count). The average Bonchev–Trinajstić information content (AvgIpc) is 2.74. The van der Waals surface area contributed by atoms with Crippen LogP contribution in [0.1, 0.15) is 30.0 Å². The lowest BCUT2D eigenvalue weighted by atomic mass is 9.97. The summed E-state index contributed by atoms with van der Waals surface area (Å²) in [5.41, 5.74) is 1.93. The van der Waals surface area contributed by atoms with E-state index in [0.29, 0.717) is 6.42 Å². The smallest absolute Gasteiger partial charge is 0.123 e. The molecule has 0 saturated heterocycles. The molecule has 1 heterocycles. The third-order valence-corrected chi connectivity index (χ3v) is 2.70. The zero-order chi connectivity index (χ0) is 10.7. The van der Waals surface area contributed by atoms with Crippen LogP contribution in [0.25, 0.3) is 0 Å². The minimum absolute atomic E-state index is 0.0854. The van der Waals surface area contributed by atoms with Crippen LogP contribution in [-0.4, -0.2) is 17.9 Å². The van der Waals surface area contributed by atoms with Gasteiger partial charge < -0.3 is 5.11 Å². The van der Waals surface area contributed by atoms with Crippen LogP contribution in [0.3, 0.4) is 0 Å². The summed E-state index contributed by atoms with van der Waals surface area (Å²) in [7, 11) is 0. The Morgan fingerprint density at radius 1 is 1.47 bits per heavy atom. The monoisotopic (exact) mass is 207 g/mol. The molecule has 0 aromatic heterocycles. The van der Waals surface area contributed by atoms with E-state index in [9.17, 15) is 4.39 Å². The van der Waals surface area contributed by atoms with E-state index in [1.807, 2.05) is 6.21 Å². The van der Waals surface area contributed by atoms with E-state index in [1.165, 1.54) is 6.07 Å². The van der Waals surface area contributed by atoms with Gasteiger partial charge in [-0.1, -0.05) is 6.07 Å². The summed E-state index contributed by atoms with van der Waals surface area (Å²) in [6, 6.07) is 4.81. The second-order valence-electron chi connectivity index (χ2n) is 3.74. The highest BCUT2D eigenvalue weighted by atomic mass is 19.1. The third kappa shape index (κ3) is 2.23. The molecule has 1 atom stereocenters. The van der Waals surface area contributed by atoms with Crippen molar-refractivity contribution in [1.82, 2.24) is 0 Å². The van der Waals surface area contributed by atoms with E-state index < -0.39 is 0 Å². The Morgan fingerprint density at radius 2 is 2.33 bits per heavy atom. The standard InChI is InChI=1S/C12H14FNO/c13-10-4-3-9(5-7-15)11(8-10)12-2-1-6-14-12/h3-4,6,8,12,15H,1-2,5,7H2. The molecule has 1 aromatic carbocycles. The summed E-state index contributed by atoms with van der Waals surface area (Å²) in [5, 5.41) is 8.92. The molecular formula is C12H14FNO. The number of hydrogen-bond donors (Lipinski definition) is 1. The van der Waals surface area contributed by atoms with Gasteiger partial charge in [0, 0.05) is 6.61 Å². The molecule has 80 valence electrons. The van der Waals surface area contributed by atoms with Crippen molar-refractivity contribution < 1.29 is 9.50 Å². The fourth-order valence-corrected chi connectivity index (χ4v) is 1.97. The maximum Gasteiger partial charge on any atom is 0.123 e. The highest BCUT2D eigenvalue weighted by molar-refractivity contribution is 5.60. The van der Waals surface area contributed by atoms with Crippen molar-refractivity contribution in [3.8, 4) is 0 Å². The van der Waals surface area contributed by atoms with Gasteiger partial charge >= 0.3 is 0 Å². The first-order valence-electron chi connectivity index (χ1n) is 5.22. The first-order chi connectivity index (χ1) is 7.31. The zero-order valence-corrected chi connectivity index (χ0v) is 8.49. The van der Waals surface area contributed by atoms with Gasteiger partial charge in [0.2, 0.25) is 0 Å². The van der Waals surface area contributed by atoms with E-state index in [4.69, 9.17) is 5.11 Å². The van der Waals surface area contributed by atoms with Crippen LogP contribution in [0.2, 0.25) is 0 Å². The molecule has 1 aromatic rings. The molecule has 1 unspecified atom stereocenters. The third-order valence-electron chi connectivity index (χ3n) is 2.70. The largest absolute Gasteiger partial charge is 0.396 e. The summed E-state index contributed by atoms with van der Waals surface area (Å²) in [5.74, 6) is -0.228. The Bertz CT molecular complexity index is 376. The van der Waals surface area contributed by atoms with E-state index in [2.05, 4.69) is 4.99 Å². The maximum atomic E-state index is 13.1. The van der Waals surface area contributed by atoms with E-state index >= 15 is 0 Å². The minimum atomic E-state index is -0.228. The number of rotatable bonds is 3. The highest BCUT2D eigenvalue weighted by Crippen LogP contribution is 2.29. The second kappa shape index (κ2) is 4.53. The topological polar surface area (TPSA) is 32.6 Å². The molecule has 0 fully saturated rings. The number of hydrogen-bond acceptors (Lipinski definition) is 2. The van der Waals surface area contributed by atoms with Crippen LogP contribution in [-0.2, 0) is 6.42 Å². The van der Waals surface area contributed by atoms with Crippen molar-refractivity contribution in [1.29, 1.82) is 0 Å². The van der Waals surface area contributed by atoms with Crippen molar-refractivity contribution >= 4 is 6.21 Å². The van der Waals surface area contributed by atoms with Crippen LogP contribution in [0.5, 0.6) is 0 Å². The fourth-order valence-electron chi connectivity index (χ4n) is 1.97. The molecule has 1 aliphatic heterocycles. The lowest BCUT2D eigenvalue weighted by molar-refractivity contribution is 0.299. The van der Waals surface area contributed by atoms with E-state index in [1.54, 1.807) is 12.1 Å². The van der Waals surface area contributed by atoms with Gasteiger partial charge in [-0.3, -0.25) is 4.99 Å². The van der Waals surface area contributed by atoms with Crippen molar-refractivity contribution in [2.24, 2.45) is 4.99 Å². The van der Waals surface area contributed by atoms with E-state index in [-0.39, 0.29) is 18.5 Å². The summed E-state index contributed by atoms with van der Waals surface area (Å²) < 4.78 is 13.1. The molecule has 0 aliphatic carbocycles. The molecule has 0 spiro atoms. The molecule has 0 radical (unpaired) electrons. The molecule has 15 heavy (non-hydrogen) atoms. The molecule has 0 saturated carbocycles. The lowest BCUT2D eigenvalue weighted by Crippen LogP contribution is -2.01. The first-order valence-corrected chi connectivity index (χ1v) is 5.22. The Kier molecular flexibility index (Phi) is 3.11. The first kappa shape index (κ1) is 10.3. The number of benzene rings is 1. The second-order valence-corrected chi connectivity index (χ2v) is 3.74. The Hall–Kier alpha value is -1.22. The predicted octanol–water partition coefficient (Wildman–Crippen LogP) is 2.27. The van der Waals surface area contributed by atoms with Gasteiger partial charge in [0.1, 0.15) is 5.82 Å². The normalized spacial score (nSPS) is 19.7. The van der Waals surface area contributed by atoms with Crippen LogP contribution in [0.4, 0.5) is 4.39 Å². The van der Waals surface area contributed by atoms with Gasteiger partial charge in [0.15, 0.2) is 0 Å². The van der Waals surface area contributed by atoms with Gasteiger partial charge in [0.05, 0.1) is 6.04 Å². The minimum Gasteiger partial charge on any atom is -0.396 e. The Balaban J connectivity index is 2.33. The Morgan fingerprint density at radius 3 is 3.00 bits per heavy atom. The van der Waals surface area contributed by atoms with Crippen LogP contribution in [0.15, 0.2) is 23.2 Å². The number of aliphatic imine (C=N–C) groups is 1. The van der Waals surface area contributed by atoms with Gasteiger partial charge in [0.25, 0.3) is 0 Å².